The number of hydrogen-bond acceptors (Lipinski definition) is 2. The summed E-state index contributed by atoms with van der Waals surface area (Å²) in [5, 5.41) is 13.2. The van der Waals surface area contributed by atoms with Crippen LogP contribution in [-0.2, 0) is 6.54 Å². The minimum atomic E-state index is -0.667. The average Bonchev–Trinajstić information content (AvgIpc) is 2.34. The second kappa shape index (κ2) is 6.47. The Balaban J connectivity index is 2.54. The van der Waals surface area contributed by atoms with Crippen molar-refractivity contribution in [3.05, 3.63) is 34.1 Å². The van der Waals surface area contributed by atoms with Gasteiger partial charge in [0.1, 0.15) is 5.82 Å². The quantitative estimate of drug-likeness (QED) is 0.846. The fourth-order valence-electron chi connectivity index (χ4n) is 1.61. The smallest absolute Gasteiger partial charge is 0.137 e. The van der Waals surface area contributed by atoms with E-state index >= 15 is 0 Å². The predicted octanol–water partition coefficient (Wildman–Crippen LogP) is 3.23. The van der Waals surface area contributed by atoms with Gasteiger partial charge in [-0.05, 0) is 40.4 Å². The van der Waals surface area contributed by atoms with Crippen LogP contribution in [-0.4, -0.2) is 17.3 Å². The molecule has 17 heavy (non-hydrogen) atoms. The minimum absolute atomic E-state index is 0.259. The van der Waals surface area contributed by atoms with Crippen LogP contribution in [0.25, 0.3) is 0 Å². The van der Waals surface area contributed by atoms with Crippen LogP contribution in [0.4, 0.5) is 4.39 Å². The summed E-state index contributed by atoms with van der Waals surface area (Å²) in [5.41, 5.74) is 0.194. The molecule has 0 aliphatic carbocycles. The highest BCUT2D eigenvalue weighted by Gasteiger charge is 2.21. The Labute approximate surface area is 110 Å². The average molecular weight is 304 g/mol. The van der Waals surface area contributed by atoms with Crippen molar-refractivity contribution in [1.82, 2.24) is 5.32 Å². The van der Waals surface area contributed by atoms with Gasteiger partial charge in [0.05, 0.1) is 10.1 Å². The molecule has 0 radical (unpaired) electrons. The number of halogens is 2. The molecule has 2 N–H and O–H groups in total. The topological polar surface area (TPSA) is 32.3 Å². The highest BCUT2D eigenvalue weighted by atomic mass is 79.9. The highest BCUT2D eigenvalue weighted by molar-refractivity contribution is 9.10. The molecular formula is C13H19BrFNO. The van der Waals surface area contributed by atoms with E-state index in [9.17, 15) is 9.50 Å². The summed E-state index contributed by atoms with van der Waals surface area (Å²) in [6, 6.07) is 4.96. The van der Waals surface area contributed by atoms with Gasteiger partial charge in [0.2, 0.25) is 0 Å². The third-order valence-corrected chi connectivity index (χ3v) is 4.01. The maximum absolute atomic E-state index is 13.2. The molecule has 0 unspecified atom stereocenters. The summed E-state index contributed by atoms with van der Waals surface area (Å²) in [5.74, 6) is -0.259. The number of benzene rings is 1. The lowest BCUT2D eigenvalue weighted by atomic mass is 9.97. The summed E-state index contributed by atoms with van der Waals surface area (Å²) in [6.07, 6.45) is 1.42. The van der Waals surface area contributed by atoms with Gasteiger partial charge in [-0.3, -0.25) is 0 Å². The summed E-state index contributed by atoms with van der Waals surface area (Å²) in [6.45, 7) is 4.98. The summed E-state index contributed by atoms with van der Waals surface area (Å²) in [4.78, 5) is 0. The minimum Gasteiger partial charge on any atom is -0.389 e. The van der Waals surface area contributed by atoms with Crippen molar-refractivity contribution in [3.8, 4) is 0 Å². The molecule has 0 spiro atoms. The lowest BCUT2D eigenvalue weighted by molar-refractivity contribution is 0.0323. The van der Waals surface area contributed by atoms with Gasteiger partial charge in [-0.1, -0.05) is 26.0 Å². The van der Waals surface area contributed by atoms with E-state index in [2.05, 4.69) is 21.2 Å². The molecule has 0 heterocycles. The van der Waals surface area contributed by atoms with Crippen LogP contribution >= 0.6 is 15.9 Å². The van der Waals surface area contributed by atoms with Crippen molar-refractivity contribution < 1.29 is 9.50 Å². The molecule has 0 atom stereocenters. The highest BCUT2D eigenvalue weighted by Crippen LogP contribution is 2.20. The van der Waals surface area contributed by atoms with Crippen molar-refractivity contribution in [2.75, 3.05) is 6.54 Å². The van der Waals surface area contributed by atoms with E-state index < -0.39 is 5.60 Å². The standard InChI is InChI=1S/C13H19BrFNO/c1-3-13(17,4-2)9-16-8-10-6-5-7-11(15)12(10)14/h5-7,16-17H,3-4,8-9H2,1-2H3. The molecule has 0 bridgehead atoms. The van der Waals surface area contributed by atoms with Crippen LogP contribution in [0, 0.1) is 5.82 Å². The van der Waals surface area contributed by atoms with Crippen LogP contribution in [0.1, 0.15) is 32.3 Å². The van der Waals surface area contributed by atoms with E-state index in [0.29, 0.717) is 30.4 Å². The van der Waals surface area contributed by atoms with Gasteiger partial charge in [0, 0.05) is 13.1 Å². The van der Waals surface area contributed by atoms with Gasteiger partial charge in [-0.25, -0.2) is 4.39 Å². The summed E-state index contributed by atoms with van der Waals surface area (Å²) < 4.78 is 13.7. The molecule has 0 amide bonds. The van der Waals surface area contributed by atoms with Crippen molar-refractivity contribution in [3.63, 3.8) is 0 Å². The predicted molar refractivity (Wildman–Crippen MR) is 71.3 cm³/mol. The molecule has 0 fully saturated rings. The van der Waals surface area contributed by atoms with E-state index in [1.54, 1.807) is 6.07 Å². The molecule has 0 aromatic heterocycles. The van der Waals surface area contributed by atoms with Gasteiger partial charge in [-0.15, -0.1) is 0 Å². The van der Waals surface area contributed by atoms with Crippen LogP contribution in [0.15, 0.2) is 22.7 Å². The van der Waals surface area contributed by atoms with E-state index in [1.807, 2.05) is 19.9 Å². The van der Waals surface area contributed by atoms with Crippen molar-refractivity contribution in [1.29, 1.82) is 0 Å². The van der Waals surface area contributed by atoms with Crippen molar-refractivity contribution in [2.24, 2.45) is 0 Å². The zero-order chi connectivity index (χ0) is 12.9. The molecule has 1 rings (SSSR count). The molecule has 0 saturated carbocycles. The van der Waals surface area contributed by atoms with Gasteiger partial charge < -0.3 is 10.4 Å². The van der Waals surface area contributed by atoms with Crippen LogP contribution < -0.4 is 5.32 Å². The van der Waals surface area contributed by atoms with Gasteiger partial charge in [-0.2, -0.15) is 0 Å². The molecule has 0 aliphatic heterocycles. The SMILES string of the molecule is CCC(O)(CC)CNCc1cccc(F)c1Br. The molecule has 1 aromatic rings. The van der Waals surface area contributed by atoms with Gasteiger partial charge in [0.25, 0.3) is 0 Å². The molecule has 1 aromatic carbocycles. The van der Waals surface area contributed by atoms with E-state index in [-0.39, 0.29) is 5.82 Å². The maximum atomic E-state index is 13.2. The normalized spacial score (nSPS) is 11.8. The zero-order valence-corrected chi connectivity index (χ0v) is 11.8. The Bertz CT molecular complexity index is 366. The lowest BCUT2D eigenvalue weighted by Crippen LogP contribution is -2.39. The molecule has 96 valence electrons. The maximum Gasteiger partial charge on any atom is 0.137 e. The van der Waals surface area contributed by atoms with E-state index in [0.717, 1.165) is 5.56 Å². The third kappa shape index (κ3) is 4.05. The van der Waals surface area contributed by atoms with Crippen LogP contribution in [0.5, 0.6) is 0 Å². The molecule has 0 aliphatic rings. The summed E-state index contributed by atoms with van der Waals surface area (Å²) in [7, 11) is 0. The number of hydrogen-bond donors (Lipinski definition) is 2. The number of nitrogens with one attached hydrogen (secondary N) is 1. The third-order valence-electron chi connectivity index (χ3n) is 3.12. The number of rotatable bonds is 6. The Kier molecular flexibility index (Phi) is 5.56. The van der Waals surface area contributed by atoms with E-state index in [1.165, 1.54) is 6.07 Å². The van der Waals surface area contributed by atoms with E-state index in [4.69, 9.17) is 0 Å². The molecule has 2 nitrogen and oxygen atoms in total. The second-order valence-electron chi connectivity index (χ2n) is 4.25. The molecular weight excluding hydrogens is 285 g/mol. The largest absolute Gasteiger partial charge is 0.389 e. The second-order valence-corrected chi connectivity index (χ2v) is 5.04. The molecule has 4 heteroatoms. The first-order chi connectivity index (χ1) is 8.02. The lowest BCUT2D eigenvalue weighted by Gasteiger charge is -2.25. The monoisotopic (exact) mass is 303 g/mol. The van der Waals surface area contributed by atoms with Gasteiger partial charge in [0.15, 0.2) is 0 Å². The zero-order valence-electron chi connectivity index (χ0n) is 10.3. The first kappa shape index (κ1) is 14.6. The molecule has 0 saturated heterocycles. The Morgan fingerprint density at radius 1 is 1.35 bits per heavy atom. The van der Waals surface area contributed by atoms with Crippen molar-refractivity contribution in [2.45, 2.75) is 38.8 Å². The first-order valence-electron chi connectivity index (χ1n) is 5.88. The summed E-state index contributed by atoms with van der Waals surface area (Å²) >= 11 is 3.22. The Morgan fingerprint density at radius 3 is 2.59 bits per heavy atom. The Hall–Kier alpha value is -0.450. The Morgan fingerprint density at radius 2 is 2.00 bits per heavy atom. The van der Waals surface area contributed by atoms with Crippen LogP contribution in [0.3, 0.4) is 0 Å². The first-order valence-corrected chi connectivity index (χ1v) is 6.67. The fourth-order valence-corrected chi connectivity index (χ4v) is 2.02. The van der Waals surface area contributed by atoms with Gasteiger partial charge >= 0.3 is 0 Å². The van der Waals surface area contributed by atoms with Crippen molar-refractivity contribution >= 4 is 15.9 Å². The van der Waals surface area contributed by atoms with Crippen LogP contribution in [0.2, 0.25) is 0 Å². The fraction of sp³-hybridized carbons (Fsp3) is 0.538. The number of aliphatic hydroxyl groups is 1.